The Morgan fingerprint density at radius 1 is 0.935 bits per heavy atom. The van der Waals surface area contributed by atoms with Gasteiger partial charge in [-0.2, -0.15) is 0 Å². The van der Waals surface area contributed by atoms with Crippen LogP contribution in [0.5, 0.6) is 0 Å². The fraction of sp³-hybridized carbons (Fsp3) is 0.933. The minimum Gasteiger partial charge on any atom is -0.393 e. The Kier molecular flexibility index (Phi) is 5.15. The van der Waals surface area contributed by atoms with Crippen molar-refractivity contribution < 1.29 is 5.11 Å². The molecule has 0 radical (unpaired) electrons. The van der Waals surface area contributed by atoms with Gasteiger partial charge in [-0.3, -0.25) is 0 Å². The molecule has 0 aromatic heterocycles. The molecule has 5 saturated carbocycles. The van der Waals surface area contributed by atoms with Crippen LogP contribution in [0.1, 0.15) is 112 Å². The van der Waals surface area contributed by atoms with Crippen LogP contribution in [0, 0.1) is 57.2 Å². The van der Waals surface area contributed by atoms with E-state index in [-0.39, 0.29) is 6.10 Å². The highest BCUT2D eigenvalue weighted by molar-refractivity contribution is 5.29. The van der Waals surface area contributed by atoms with Gasteiger partial charge in [0.15, 0.2) is 0 Å². The first kappa shape index (κ1) is 22.5. The fourth-order valence-electron chi connectivity index (χ4n) is 10.9. The number of aliphatic hydroxyl groups is 1. The van der Waals surface area contributed by atoms with Crippen LogP contribution in [0.15, 0.2) is 12.2 Å². The summed E-state index contributed by atoms with van der Waals surface area (Å²) in [7, 11) is 0. The van der Waals surface area contributed by atoms with Crippen LogP contribution in [-0.4, -0.2) is 11.2 Å². The number of fused-ring (bicyclic) bond motifs is 2. The van der Waals surface area contributed by atoms with Crippen molar-refractivity contribution >= 4 is 0 Å². The van der Waals surface area contributed by atoms with Gasteiger partial charge in [0.05, 0.1) is 6.10 Å². The molecule has 3 unspecified atom stereocenters. The minimum atomic E-state index is -0.0356. The fourth-order valence-corrected chi connectivity index (χ4v) is 10.9. The zero-order chi connectivity index (χ0) is 22.4. The van der Waals surface area contributed by atoms with Crippen molar-refractivity contribution in [1.29, 1.82) is 0 Å². The highest BCUT2D eigenvalue weighted by Gasteiger charge is 2.81. The summed E-state index contributed by atoms with van der Waals surface area (Å²) < 4.78 is 0. The van der Waals surface area contributed by atoms with Gasteiger partial charge < -0.3 is 5.11 Å². The zero-order valence-corrected chi connectivity index (χ0v) is 21.5. The van der Waals surface area contributed by atoms with Crippen molar-refractivity contribution in [3.63, 3.8) is 0 Å². The molecular weight excluding hydrogens is 376 g/mol. The Bertz CT molecular complexity index is 739. The van der Waals surface area contributed by atoms with E-state index in [1.165, 1.54) is 69.8 Å². The Balaban J connectivity index is 1.37. The summed E-state index contributed by atoms with van der Waals surface area (Å²) in [5.74, 6) is 4.63. The molecule has 10 atom stereocenters. The molecule has 31 heavy (non-hydrogen) atoms. The van der Waals surface area contributed by atoms with Crippen LogP contribution in [0.2, 0.25) is 0 Å². The van der Waals surface area contributed by atoms with Gasteiger partial charge in [-0.05, 0) is 128 Å². The quantitative estimate of drug-likeness (QED) is 0.441. The lowest BCUT2D eigenvalue weighted by Gasteiger charge is -2.62. The van der Waals surface area contributed by atoms with Crippen molar-refractivity contribution in [2.24, 2.45) is 57.2 Å². The van der Waals surface area contributed by atoms with E-state index in [4.69, 9.17) is 0 Å². The molecule has 0 saturated heterocycles. The molecule has 5 aliphatic carbocycles. The van der Waals surface area contributed by atoms with E-state index in [0.717, 1.165) is 30.1 Å². The van der Waals surface area contributed by atoms with Gasteiger partial charge in [0, 0.05) is 0 Å². The standard InChI is InChI=1S/C30H50O/c1-19(2)20(3)8-9-21(4)23-12-14-28(7)26-11-10-24-22(5)25(31)13-15-29(24)18-30(26,29)17-16-27(23,28)6/h19,21-26,31H,3,8-18H2,1-2,4-7H3/t21-,22+,23?,24?,25+,26?,27-,28+,29-,30+/m1/s1. The average molecular weight is 427 g/mol. The molecular formula is C30H50O. The lowest BCUT2D eigenvalue weighted by Crippen LogP contribution is -2.55. The van der Waals surface area contributed by atoms with Crippen LogP contribution >= 0.6 is 0 Å². The first-order chi connectivity index (χ1) is 14.5. The third kappa shape index (κ3) is 2.77. The van der Waals surface area contributed by atoms with E-state index in [2.05, 4.69) is 48.1 Å². The SMILES string of the molecule is C=C(CC[C@@H](C)C1CC[C@@]2(C)C3CCC4[C@H](C)[C@@H](O)CC[C@@]45C[C@@]35CC[C@]12C)C(C)C. The highest BCUT2D eigenvalue weighted by atomic mass is 16.3. The molecule has 0 bridgehead atoms. The largest absolute Gasteiger partial charge is 0.393 e. The summed E-state index contributed by atoms with van der Waals surface area (Å²) in [6.45, 7) is 19.4. The average Bonchev–Trinajstić information content (AvgIpc) is 3.31. The van der Waals surface area contributed by atoms with Gasteiger partial charge in [-0.1, -0.05) is 53.7 Å². The monoisotopic (exact) mass is 426 g/mol. The minimum absolute atomic E-state index is 0.0356. The summed E-state index contributed by atoms with van der Waals surface area (Å²) in [5, 5.41) is 10.6. The molecule has 0 heterocycles. The van der Waals surface area contributed by atoms with Gasteiger partial charge in [-0.25, -0.2) is 0 Å². The summed E-state index contributed by atoms with van der Waals surface area (Å²) in [5.41, 5.74) is 3.76. The summed E-state index contributed by atoms with van der Waals surface area (Å²) in [6.07, 6.45) is 15.1. The maximum Gasteiger partial charge on any atom is 0.0568 e. The predicted molar refractivity (Wildman–Crippen MR) is 131 cm³/mol. The molecule has 5 aliphatic rings. The topological polar surface area (TPSA) is 20.2 Å². The predicted octanol–water partition coefficient (Wildman–Crippen LogP) is 8.02. The Morgan fingerprint density at radius 3 is 2.39 bits per heavy atom. The van der Waals surface area contributed by atoms with Gasteiger partial charge in [-0.15, -0.1) is 0 Å². The van der Waals surface area contributed by atoms with Crippen LogP contribution in [0.4, 0.5) is 0 Å². The lowest BCUT2D eigenvalue weighted by molar-refractivity contribution is -0.142. The molecule has 5 rings (SSSR count). The molecule has 1 heteroatoms. The molecule has 1 nitrogen and oxygen atoms in total. The van der Waals surface area contributed by atoms with Gasteiger partial charge in [0.1, 0.15) is 0 Å². The molecule has 0 amide bonds. The van der Waals surface area contributed by atoms with Crippen molar-refractivity contribution in [3.05, 3.63) is 12.2 Å². The number of rotatable bonds is 5. The first-order valence-corrected chi connectivity index (χ1v) is 13.9. The normalized spacial score (nSPS) is 53.9. The Labute approximate surface area is 192 Å². The van der Waals surface area contributed by atoms with E-state index < -0.39 is 0 Å². The van der Waals surface area contributed by atoms with Gasteiger partial charge in [0.25, 0.3) is 0 Å². The third-order valence-corrected chi connectivity index (χ3v) is 13.1. The zero-order valence-electron chi connectivity index (χ0n) is 21.5. The number of aliphatic hydroxyl groups excluding tert-OH is 1. The second-order valence-electron chi connectivity index (χ2n) is 14.0. The van der Waals surface area contributed by atoms with Crippen molar-refractivity contribution in [1.82, 2.24) is 0 Å². The van der Waals surface area contributed by atoms with E-state index >= 15 is 0 Å². The maximum absolute atomic E-state index is 10.6. The summed E-state index contributed by atoms with van der Waals surface area (Å²) in [4.78, 5) is 0. The van der Waals surface area contributed by atoms with Crippen LogP contribution < -0.4 is 0 Å². The molecule has 2 spiro atoms. The molecule has 5 fully saturated rings. The Hall–Kier alpha value is -0.300. The van der Waals surface area contributed by atoms with Crippen LogP contribution in [-0.2, 0) is 0 Å². The number of hydrogen-bond acceptors (Lipinski definition) is 1. The van der Waals surface area contributed by atoms with Crippen LogP contribution in [0.25, 0.3) is 0 Å². The third-order valence-electron chi connectivity index (χ3n) is 13.1. The molecule has 176 valence electrons. The first-order valence-electron chi connectivity index (χ1n) is 13.9. The van der Waals surface area contributed by atoms with E-state index in [1.54, 1.807) is 0 Å². The second-order valence-corrected chi connectivity index (χ2v) is 14.0. The van der Waals surface area contributed by atoms with E-state index in [9.17, 15) is 5.11 Å². The van der Waals surface area contributed by atoms with Crippen molar-refractivity contribution in [2.45, 2.75) is 118 Å². The summed E-state index contributed by atoms with van der Waals surface area (Å²) >= 11 is 0. The van der Waals surface area contributed by atoms with Gasteiger partial charge in [0.2, 0.25) is 0 Å². The van der Waals surface area contributed by atoms with Gasteiger partial charge >= 0.3 is 0 Å². The van der Waals surface area contributed by atoms with E-state index in [1.807, 2.05) is 0 Å². The lowest BCUT2D eigenvalue weighted by atomic mass is 9.43. The van der Waals surface area contributed by atoms with Crippen molar-refractivity contribution in [3.8, 4) is 0 Å². The molecule has 1 N–H and O–H groups in total. The smallest absolute Gasteiger partial charge is 0.0568 e. The molecule has 0 aromatic rings. The molecule has 0 aromatic carbocycles. The van der Waals surface area contributed by atoms with Crippen molar-refractivity contribution in [2.75, 3.05) is 0 Å². The van der Waals surface area contributed by atoms with E-state index in [0.29, 0.717) is 33.5 Å². The van der Waals surface area contributed by atoms with Crippen LogP contribution in [0.3, 0.4) is 0 Å². The molecule has 0 aliphatic heterocycles. The highest BCUT2D eigenvalue weighted by Crippen LogP contribution is 2.88. The number of hydrogen-bond donors (Lipinski definition) is 1. The summed E-state index contributed by atoms with van der Waals surface area (Å²) in [6, 6.07) is 0. The Morgan fingerprint density at radius 2 is 1.68 bits per heavy atom. The second kappa shape index (κ2) is 7.10. The maximum atomic E-state index is 10.6. The number of allylic oxidation sites excluding steroid dienone is 1.